The summed E-state index contributed by atoms with van der Waals surface area (Å²) in [5.41, 5.74) is 0. The fourth-order valence-corrected chi connectivity index (χ4v) is 1.32. The molecule has 0 rings (SSSR count). The summed E-state index contributed by atoms with van der Waals surface area (Å²) in [6, 6.07) is 0. The van der Waals surface area contributed by atoms with Crippen molar-refractivity contribution in [3.63, 3.8) is 0 Å². The van der Waals surface area contributed by atoms with Crippen molar-refractivity contribution in [2.24, 2.45) is 9.98 Å². The van der Waals surface area contributed by atoms with Crippen molar-refractivity contribution in [3.05, 3.63) is 12.8 Å². The topological polar surface area (TPSA) is 28.0 Å². The van der Waals surface area contributed by atoms with Gasteiger partial charge >= 0.3 is 0 Å². The van der Waals surface area contributed by atoms with Crippen LogP contribution >= 0.6 is 0 Å². The van der Waals surface area contributed by atoms with Crippen molar-refractivity contribution in [1.82, 2.24) is 4.90 Å². The average molecular weight is 209 g/mol. The molecule has 0 aliphatic carbocycles. The smallest absolute Gasteiger partial charge is 0.224 e. The summed E-state index contributed by atoms with van der Waals surface area (Å²) in [6.07, 6.45) is 6.81. The molecule has 0 bridgehead atoms. The molecular formula is C12H23N3. The predicted molar refractivity (Wildman–Crippen MR) is 68.6 cm³/mol. The maximum absolute atomic E-state index is 4.27. The molecule has 0 fully saturated rings. The zero-order valence-corrected chi connectivity index (χ0v) is 10.2. The van der Waals surface area contributed by atoms with Gasteiger partial charge in [0.15, 0.2) is 0 Å². The molecule has 0 saturated heterocycles. The Morgan fingerprint density at radius 2 is 2.00 bits per heavy atom. The zero-order chi connectivity index (χ0) is 11.5. The van der Waals surface area contributed by atoms with Crippen molar-refractivity contribution in [1.29, 1.82) is 0 Å². The van der Waals surface area contributed by atoms with Crippen LogP contribution in [0.2, 0.25) is 0 Å². The van der Waals surface area contributed by atoms with E-state index in [0.717, 1.165) is 25.5 Å². The molecule has 3 heteroatoms. The molecular weight excluding hydrogens is 186 g/mol. The van der Waals surface area contributed by atoms with Gasteiger partial charge in [0.1, 0.15) is 0 Å². The highest BCUT2D eigenvalue weighted by Gasteiger charge is 2.07. The van der Waals surface area contributed by atoms with Gasteiger partial charge in [-0.1, -0.05) is 26.8 Å². The van der Waals surface area contributed by atoms with Crippen LogP contribution in [0, 0.1) is 0 Å². The van der Waals surface area contributed by atoms with Gasteiger partial charge in [-0.2, -0.15) is 0 Å². The van der Waals surface area contributed by atoms with Crippen molar-refractivity contribution in [3.8, 4) is 0 Å². The van der Waals surface area contributed by atoms with E-state index in [4.69, 9.17) is 0 Å². The Labute approximate surface area is 93.6 Å². The van der Waals surface area contributed by atoms with Gasteiger partial charge in [-0.25, -0.2) is 9.98 Å². The molecule has 0 aliphatic rings. The Morgan fingerprint density at radius 3 is 2.47 bits per heavy atom. The molecule has 0 atom stereocenters. The SMILES string of the molecule is C=C/N=C(\N=C/C)N(CCC)CCCC. The van der Waals surface area contributed by atoms with Gasteiger partial charge < -0.3 is 4.90 Å². The van der Waals surface area contributed by atoms with E-state index in [9.17, 15) is 0 Å². The van der Waals surface area contributed by atoms with Gasteiger partial charge in [0, 0.05) is 25.5 Å². The van der Waals surface area contributed by atoms with Crippen molar-refractivity contribution < 1.29 is 0 Å². The van der Waals surface area contributed by atoms with Crippen LogP contribution in [0.4, 0.5) is 0 Å². The first-order valence-corrected chi connectivity index (χ1v) is 5.72. The first-order chi connectivity index (χ1) is 7.29. The van der Waals surface area contributed by atoms with Crippen molar-refractivity contribution >= 4 is 12.2 Å². The van der Waals surface area contributed by atoms with E-state index < -0.39 is 0 Å². The van der Waals surface area contributed by atoms with Crippen molar-refractivity contribution in [2.45, 2.75) is 40.0 Å². The number of guanidine groups is 1. The minimum Gasteiger partial charge on any atom is -0.341 e. The second kappa shape index (κ2) is 9.44. The lowest BCUT2D eigenvalue weighted by Crippen LogP contribution is -2.31. The summed E-state index contributed by atoms with van der Waals surface area (Å²) in [5, 5.41) is 0. The number of unbranched alkanes of at least 4 members (excludes halogenated alkanes) is 1. The molecule has 0 heterocycles. The number of hydrogen-bond acceptors (Lipinski definition) is 1. The van der Waals surface area contributed by atoms with Gasteiger partial charge in [0.05, 0.1) is 0 Å². The molecule has 0 unspecified atom stereocenters. The Morgan fingerprint density at radius 1 is 1.27 bits per heavy atom. The van der Waals surface area contributed by atoms with Gasteiger partial charge in [-0.15, -0.1) is 0 Å². The quantitative estimate of drug-likeness (QED) is 0.488. The fraction of sp³-hybridized carbons (Fsp3) is 0.667. The molecule has 0 spiro atoms. The Kier molecular flexibility index (Phi) is 8.73. The second-order valence-corrected chi connectivity index (χ2v) is 3.34. The number of hydrogen-bond donors (Lipinski definition) is 0. The molecule has 0 amide bonds. The molecule has 0 radical (unpaired) electrons. The third kappa shape index (κ3) is 6.05. The monoisotopic (exact) mass is 209 g/mol. The Bertz CT molecular complexity index is 219. The van der Waals surface area contributed by atoms with Gasteiger partial charge in [0.25, 0.3) is 0 Å². The molecule has 0 N–H and O–H groups in total. The fourth-order valence-electron chi connectivity index (χ4n) is 1.32. The third-order valence-corrected chi connectivity index (χ3v) is 2.01. The summed E-state index contributed by atoms with van der Waals surface area (Å²) in [5.74, 6) is 0.780. The van der Waals surface area contributed by atoms with E-state index in [1.165, 1.54) is 12.8 Å². The van der Waals surface area contributed by atoms with Crippen LogP contribution in [-0.2, 0) is 0 Å². The summed E-state index contributed by atoms with van der Waals surface area (Å²) < 4.78 is 0. The van der Waals surface area contributed by atoms with Crippen LogP contribution < -0.4 is 0 Å². The minimum absolute atomic E-state index is 0.780. The normalized spacial score (nSPS) is 12.1. The standard InChI is InChI=1S/C12H23N3/c1-5-9-11-15(10-6-2)12(13-7-3)14-8-4/h7-8H,3,5-6,9-11H2,1-2,4H3/b13-12+,14-8-. The minimum atomic E-state index is 0.780. The van der Waals surface area contributed by atoms with Crippen LogP contribution in [-0.4, -0.2) is 30.2 Å². The second-order valence-electron chi connectivity index (χ2n) is 3.34. The highest BCUT2D eigenvalue weighted by atomic mass is 15.3. The molecule has 0 saturated carbocycles. The summed E-state index contributed by atoms with van der Waals surface area (Å²) in [6.45, 7) is 11.9. The summed E-state index contributed by atoms with van der Waals surface area (Å²) >= 11 is 0. The number of aliphatic imine (C=N–C) groups is 2. The van der Waals surface area contributed by atoms with Gasteiger partial charge in [0.2, 0.25) is 5.96 Å². The predicted octanol–water partition coefficient (Wildman–Crippen LogP) is 3.09. The van der Waals surface area contributed by atoms with Crippen LogP contribution in [0.25, 0.3) is 0 Å². The average Bonchev–Trinajstić information content (AvgIpc) is 2.24. The molecule has 0 aromatic rings. The number of nitrogens with zero attached hydrogens (tertiary/aromatic N) is 3. The largest absolute Gasteiger partial charge is 0.341 e. The maximum atomic E-state index is 4.27. The zero-order valence-electron chi connectivity index (χ0n) is 10.2. The molecule has 15 heavy (non-hydrogen) atoms. The first-order valence-electron chi connectivity index (χ1n) is 5.72. The molecule has 0 aliphatic heterocycles. The lowest BCUT2D eigenvalue weighted by Gasteiger charge is -2.22. The third-order valence-electron chi connectivity index (χ3n) is 2.01. The number of rotatable bonds is 6. The summed E-state index contributed by atoms with van der Waals surface area (Å²) in [4.78, 5) is 10.7. The highest BCUT2D eigenvalue weighted by molar-refractivity contribution is 5.87. The molecule has 3 nitrogen and oxygen atoms in total. The Hall–Kier alpha value is -1.12. The van der Waals surface area contributed by atoms with E-state index in [0.29, 0.717) is 0 Å². The maximum Gasteiger partial charge on any atom is 0.224 e. The summed E-state index contributed by atoms with van der Waals surface area (Å²) in [7, 11) is 0. The van der Waals surface area contributed by atoms with Crippen LogP contribution in [0.1, 0.15) is 40.0 Å². The Balaban J connectivity index is 4.51. The van der Waals surface area contributed by atoms with E-state index in [1.807, 2.05) is 6.92 Å². The highest BCUT2D eigenvalue weighted by Crippen LogP contribution is 2.00. The van der Waals surface area contributed by atoms with Crippen LogP contribution in [0.15, 0.2) is 22.8 Å². The van der Waals surface area contributed by atoms with E-state index >= 15 is 0 Å². The van der Waals surface area contributed by atoms with E-state index in [-0.39, 0.29) is 0 Å². The van der Waals surface area contributed by atoms with Gasteiger partial charge in [-0.3, -0.25) is 0 Å². The molecule has 0 aromatic heterocycles. The lowest BCUT2D eigenvalue weighted by molar-refractivity contribution is 0.403. The van der Waals surface area contributed by atoms with Crippen LogP contribution in [0.5, 0.6) is 0 Å². The van der Waals surface area contributed by atoms with Crippen LogP contribution in [0.3, 0.4) is 0 Å². The molecule has 86 valence electrons. The molecule has 0 aromatic carbocycles. The van der Waals surface area contributed by atoms with E-state index in [1.54, 1.807) is 12.4 Å². The first kappa shape index (κ1) is 13.9. The van der Waals surface area contributed by atoms with E-state index in [2.05, 4.69) is 35.3 Å². The van der Waals surface area contributed by atoms with Crippen molar-refractivity contribution in [2.75, 3.05) is 13.1 Å². The lowest BCUT2D eigenvalue weighted by atomic mass is 10.3. The van der Waals surface area contributed by atoms with Gasteiger partial charge in [-0.05, 0) is 19.8 Å².